The predicted molar refractivity (Wildman–Crippen MR) is 42.4 cm³/mol. The van der Waals surface area contributed by atoms with E-state index in [0.29, 0.717) is 6.61 Å². The molecule has 0 aromatic heterocycles. The Balaban J connectivity index is 0. The second-order valence-corrected chi connectivity index (χ2v) is 1.80. The number of carbonyl (C=O) groups excluding carboxylic acids is 1. The molecule has 0 fully saturated rings. The summed E-state index contributed by atoms with van der Waals surface area (Å²) in [5, 5.41) is 2.95. The highest BCUT2D eigenvalue weighted by atomic mass is 35.5. The van der Waals surface area contributed by atoms with Crippen molar-refractivity contribution in [2.45, 2.75) is 13.3 Å². The van der Waals surface area contributed by atoms with Crippen LogP contribution in [0.25, 0.3) is 0 Å². The van der Waals surface area contributed by atoms with Crippen molar-refractivity contribution in [1.29, 1.82) is 0 Å². The molecule has 10 heavy (non-hydrogen) atoms. The van der Waals surface area contributed by atoms with Gasteiger partial charge in [0.05, 0.1) is 6.61 Å². The van der Waals surface area contributed by atoms with Crippen molar-refractivity contribution in [1.82, 2.24) is 5.32 Å². The van der Waals surface area contributed by atoms with Crippen LogP contribution >= 0.6 is 12.4 Å². The fourth-order valence-electron chi connectivity index (χ4n) is 0.465. The molecular formula is C6H14ClNO2. The lowest BCUT2D eigenvalue weighted by atomic mass is 10.4. The van der Waals surface area contributed by atoms with Crippen molar-refractivity contribution < 1.29 is 9.53 Å². The number of rotatable bonds is 4. The molecule has 0 aromatic carbocycles. The van der Waals surface area contributed by atoms with Crippen LogP contribution in [0.15, 0.2) is 0 Å². The lowest BCUT2D eigenvalue weighted by Gasteiger charge is -1.99. The SMILES string of the molecule is CNCCCOC(C)=O.Cl. The zero-order valence-corrected chi connectivity index (χ0v) is 7.16. The molecule has 1 N–H and O–H groups in total. The molecule has 0 atom stereocenters. The van der Waals surface area contributed by atoms with Gasteiger partial charge in [-0.15, -0.1) is 12.4 Å². The second kappa shape index (κ2) is 8.72. The standard InChI is InChI=1S/C6H13NO2.ClH/c1-6(8)9-5-3-4-7-2;/h7H,3-5H2,1-2H3;1H. The molecule has 0 bridgehead atoms. The number of hydrogen-bond acceptors (Lipinski definition) is 3. The molecule has 4 heteroatoms. The Bertz CT molecular complexity index is 87.8. The van der Waals surface area contributed by atoms with Crippen molar-refractivity contribution in [3.63, 3.8) is 0 Å². The highest BCUT2D eigenvalue weighted by Gasteiger charge is 1.89. The van der Waals surface area contributed by atoms with Crippen LogP contribution < -0.4 is 5.32 Å². The van der Waals surface area contributed by atoms with Crippen molar-refractivity contribution in [2.24, 2.45) is 0 Å². The van der Waals surface area contributed by atoms with Crippen LogP contribution in [0.5, 0.6) is 0 Å². The van der Waals surface area contributed by atoms with Gasteiger partial charge in [0.25, 0.3) is 0 Å². The maximum absolute atomic E-state index is 10.2. The van der Waals surface area contributed by atoms with E-state index in [4.69, 9.17) is 0 Å². The number of nitrogens with one attached hydrogen (secondary N) is 1. The minimum absolute atomic E-state index is 0. The van der Waals surface area contributed by atoms with Gasteiger partial charge in [-0.05, 0) is 20.0 Å². The molecule has 0 aliphatic heterocycles. The van der Waals surface area contributed by atoms with Gasteiger partial charge in [0, 0.05) is 6.92 Å². The maximum Gasteiger partial charge on any atom is 0.302 e. The quantitative estimate of drug-likeness (QED) is 0.492. The average molecular weight is 168 g/mol. The van der Waals surface area contributed by atoms with E-state index in [0.717, 1.165) is 13.0 Å². The minimum atomic E-state index is -0.203. The zero-order valence-electron chi connectivity index (χ0n) is 6.35. The summed E-state index contributed by atoms with van der Waals surface area (Å²) in [6, 6.07) is 0. The van der Waals surface area contributed by atoms with Gasteiger partial charge in [-0.2, -0.15) is 0 Å². The smallest absolute Gasteiger partial charge is 0.302 e. The molecule has 0 spiro atoms. The molecule has 0 rings (SSSR count). The first-order chi connectivity index (χ1) is 4.27. The van der Waals surface area contributed by atoms with E-state index in [2.05, 4.69) is 10.1 Å². The monoisotopic (exact) mass is 167 g/mol. The first-order valence-electron chi connectivity index (χ1n) is 3.05. The van der Waals surface area contributed by atoms with E-state index in [9.17, 15) is 4.79 Å². The molecule has 0 aromatic rings. The zero-order chi connectivity index (χ0) is 7.11. The van der Waals surface area contributed by atoms with Gasteiger partial charge < -0.3 is 10.1 Å². The van der Waals surface area contributed by atoms with E-state index < -0.39 is 0 Å². The Labute approximate surface area is 67.5 Å². The summed E-state index contributed by atoms with van der Waals surface area (Å²) < 4.78 is 4.66. The van der Waals surface area contributed by atoms with E-state index >= 15 is 0 Å². The third-order valence-electron chi connectivity index (χ3n) is 0.876. The lowest BCUT2D eigenvalue weighted by Crippen LogP contribution is -2.11. The van der Waals surface area contributed by atoms with Crippen molar-refractivity contribution >= 4 is 18.4 Å². The fraction of sp³-hybridized carbons (Fsp3) is 0.833. The summed E-state index contributed by atoms with van der Waals surface area (Å²) in [5.41, 5.74) is 0. The highest BCUT2D eigenvalue weighted by Crippen LogP contribution is 1.80. The Morgan fingerprint density at radius 1 is 1.60 bits per heavy atom. The van der Waals surface area contributed by atoms with Crippen LogP contribution in [0.2, 0.25) is 0 Å². The summed E-state index contributed by atoms with van der Waals surface area (Å²) in [6.07, 6.45) is 0.885. The molecule has 0 aliphatic rings. The Morgan fingerprint density at radius 3 is 2.60 bits per heavy atom. The summed E-state index contributed by atoms with van der Waals surface area (Å²) in [7, 11) is 1.87. The Kier molecular flexibility index (Phi) is 10.8. The number of ether oxygens (including phenoxy) is 1. The molecule has 3 nitrogen and oxygen atoms in total. The van der Waals surface area contributed by atoms with Crippen molar-refractivity contribution in [3.05, 3.63) is 0 Å². The van der Waals surface area contributed by atoms with E-state index in [1.54, 1.807) is 0 Å². The Hall–Kier alpha value is -0.280. The molecule has 0 unspecified atom stereocenters. The van der Waals surface area contributed by atoms with Gasteiger partial charge in [-0.25, -0.2) is 0 Å². The maximum atomic E-state index is 10.2. The third-order valence-corrected chi connectivity index (χ3v) is 0.876. The van der Waals surface area contributed by atoms with Gasteiger partial charge in [0.1, 0.15) is 0 Å². The van der Waals surface area contributed by atoms with Crippen LogP contribution in [0, 0.1) is 0 Å². The minimum Gasteiger partial charge on any atom is -0.466 e. The number of esters is 1. The topological polar surface area (TPSA) is 38.3 Å². The molecule has 0 amide bonds. The summed E-state index contributed by atoms with van der Waals surface area (Å²) in [6.45, 7) is 2.84. The third kappa shape index (κ3) is 10.7. The van der Waals surface area contributed by atoms with E-state index in [1.165, 1.54) is 6.92 Å². The molecule has 0 saturated carbocycles. The Morgan fingerprint density at radius 2 is 2.20 bits per heavy atom. The summed E-state index contributed by atoms with van der Waals surface area (Å²) >= 11 is 0. The molecule has 0 saturated heterocycles. The van der Waals surface area contributed by atoms with E-state index in [1.807, 2.05) is 7.05 Å². The van der Waals surface area contributed by atoms with Crippen LogP contribution in [0.3, 0.4) is 0 Å². The van der Waals surface area contributed by atoms with Gasteiger partial charge >= 0.3 is 5.97 Å². The van der Waals surface area contributed by atoms with Crippen LogP contribution in [0.4, 0.5) is 0 Å². The van der Waals surface area contributed by atoms with Gasteiger partial charge in [-0.3, -0.25) is 4.79 Å². The number of carbonyl (C=O) groups is 1. The molecule has 0 heterocycles. The van der Waals surface area contributed by atoms with Crippen LogP contribution in [-0.4, -0.2) is 26.2 Å². The lowest BCUT2D eigenvalue weighted by molar-refractivity contribution is -0.141. The van der Waals surface area contributed by atoms with Gasteiger partial charge in [-0.1, -0.05) is 0 Å². The molecule has 62 valence electrons. The van der Waals surface area contributed by atoms with Crippen LogP contribution in [-0.2, 0) is 9.53 Å². The molecule has 0 radical (unpaired) electrons. The first-order valence-corrected chi connectivity index (χ1v) is 3.05. The van der Waals surface area contributed by atoms with Gasteiger partial charge in [0.2, 0.25) is 0 Å². The highest BCUT2D eigenvalue weighted by molar-refractivity contribution is 5.85. The number of hydrogen-bond donors (Lipinski definition) is 1. The normalized spacial score (nSPS) is 8.20. The largest absolute Gasteiger partial charge is 0.466 e. The van der Waals surface area contributed by atoms with E-state index in [-0.39, 0.29) is 18.4 Å². The number of halogens is 1. The van der Waals surface area contributed by atoms with Crippen molar-refractivity contribution in [2.75, 3.05) is 20.2 Å². The molecular weight excluding hydrogens is 154 g/mol. The summed E-state index contributed by atoms with van der Waals surface area (Å²) in [5.74, 6) is -0.203. The first kappa shape index (κ1) is 12.4. The van der Waals surface area contributed by atoms with Crippen molar-refractivity contribution in [3.8, 4) is 0 Å². The average Bonchev–Trinajstić information content (AvgIpc) is 1.80. The molecule has 0 aliphatic carbocycles. The van der Waals surface area contributed by atoms with Gasteiger partial charge in [0.15, 0.2) is 0 Å². The fourth-order valence-corrected chi connectivity index (χ4v) is 0.465. The predicted octanol–water partition coefficient (Wildman–Crippen LogP) is 0.581. The second-order valence-electron chi connectivity index (χ2n) is 1.80. The summed E-state index contributed by atoms with van der Waals surface area (Å²) in [4.78, 5) is 10.2. The van der Waals surface area contributed by atoms with Crippen LogP contribution in [0.1, 0.15) is 13.3 Å².